The largest absolute Gasteiger partial charge is 0.546 e. The van der Waals surface area contributed by atoms with Crippen molar-refractivity contribution >= 4 is 17.6 Å². The lowest BCUT2D eigenvalue weighted by molar-refractivity contribution is -0.307. The highest BCUT2D eigenvalue weighted by atomic mass is 16.5. The number of carbonyl (C=O) groups is 2. The predicted molar refractivity (Wildman–Crippen MR) is 113 cm³/mol. The van der Waals surface area contributed by atoms with E-state index in [-0.39, 0.29) is 11.7 Å². The molecule has 0 aromatic heterocycles. The van der Waals surface area contributed by atoms with Gasteiger partial charge in [0.15, 0.2) is 11.5 Å². The van der Waals surface area contributed by atoms with Crippen LogP contribution < -0.4 is 19.9 Å². The van der Waals surface area contributed by atoms with Crippen molar-refractivity contribution < 1.29 is 24.2 Å². The molecule has 1 atom stereocenters. The van der Waals surface area contributed by atoms with Gasteiger partial charge in [0.1, 0.15) is 12.8 Å². The number of carboxylic acid groups (broad SMARTS) is 1. The number of anilines is 1. The molecule has 1 N–H and O–H groups in total. The Kier molecular flexibility index (Phi) is 5.75. The lowest BCUT2D eigenvalue weighted by atomic mass is 10.0. The first-order chi connectivity index (χ1) is 15.1. The molecular formula is C24H21N2O5-. The van der Waals surface area contributed by atoms with Gasteiger partial charge in [-0.3, -0.25) is 4.79 Å². The Morgan fingerprint density at radius 2 is 1.77 bits per heavy atom. The van der Waals surface area contributed by atoms with Gasteiger partial charge in [-0.2, -0.15) is 0 Å². The molecule has 0 saturated heterocycles. The van der Waals surface area contributed by atoms with Gasteiger partial charge in [0.2, 0.25) is 0 Å². The smallest absolute Gasteiger partial charge is 0.258 e. The second-order valence-electron chi connectivity index (χ2n) is 7.08. The fourth-order valence-corrected chi connectivity index (χ4v) is 3.61. The number of aliphatic carboxylic acids is 1. The van der Waals surface area contributed by atoms with E-state index in [1.807, 2.05) is 48.5 Å². The molecule has 7 nitrogen and oxygen atoms in total. The molecule has 3 aromatic carbocycles. The molecule has 0 unspecified atom stereocenters. The summed E-state index contributed by atoms with van der Waals surface area (Å²) in [7, 11) is 1.47. The van der Waals surface area contributed by atoms with Crippen LogP contribution in [0.5, 0.6) is 11.5 Å². The Morgan fingerprint density at radius 1 is 1.03 bits per heavy atom. The number of rotatable bonds is 7. The van der Waals surface area contributed by atoms with Crippen molar-refractivity contribution in [3.05, 3.63) is 89.5 Å². The van der Waals surface area contributed by atoms with E-state index in [0.29, 0.717) is 17.9 Å². The Balaban J connectivity index is 1.71. The average Bonchev–Trinajstić information content (AvgIpc) is 2.80. The van der Waals surface area contributed by atoms with Crippen LogP contribution in [0.1, 0.15) is 27.7 Å². The zero-order valence-corrected chi connectivity index (χ0v) is 16.9. The summed E-state index contributed by atoms with van der Waals surface area (Å²) in [5.74, 6) is -0.755. The van der Waals surface area contributed by atoms with E-state index in [1.54, 1.807) is 29.2 Å². The molecule has 0 aliphatic carbocycles. The Hall–Kier alpha value is -4.00. The number of hydrogen-bond donors (Lipinski definition) is 1. The van der Waals surface area contributed by atoms with Crippen molar-refractivity contribution in [2.75, 3.05) is 19.0 Å². The van der Waals surface area contributed by atoms with Gasteiger partial charge in [0.05, 0.1) is 18.6 Å². The Labute approximate surface area is 179 Å². The summed E-state index contributed by atoms with van der Waals surface area (Å²) in [6.45, 7) is -0.166. The summed E-state index contributed by atoms with van der Waals surface area (Å²) in [4.78, 5) is 25.8. The first-order valence-electron chi connectivity index (χ1n) is 9.78. The summed E-state index contributed by atoms with van der Waals surface area (Å²) < 4.78 is 10.6. The quantitative estimate of drug-likeness (QED) is 0.636. The summed E-state index contributed by atoms with van der Waals surface area (Å²) in [5.41, 5.74) is 3.13. The normalized spacial score (nSPS) is 15.1. The van der Waals surface area contributed by atoms with E-state index in [4.69, 9.17) is 9.47 Å². The van der Waals surface area contributed by atoms with E-state index in [9.17, 15) is 14.7 Å². The number of nitrogens with one attached hydrogen (secondary N) is 1. The lowest BCUT2D eigenvalue weighted by Crippen LogP contribution is -2.42. The van der Waals surface area contributed by atoms with Gasteiger partial charge in [0, 0.05) is 12.2 Å². The van der Waals surface area contributed by atoms with Crippen molar-refractivity contribution in [3.63, 3.8) is 0 Å². The number of amides is 1. The zero-order valence-electron chi connectivity index (χ0n) is 16.9. The molecule has 158 valence electrons. The highest BCUT2D eigenvalue weighted by molar-refractivity contribution is 6.01. The van der Waals surface area contributed by atoms with Gasteiger partial charge in [-0.15, -0.1) is 0 Å². The number of methoxy groups -OCH3 is 1. The van der Waals surface area contributed by atoms with Crippen LogP contribution in [0, 0.1) is 0 Å². The van der Waals surface area contributed by atoms with Crippen LogP contribution in [0.15, 0.2) is 72.8 Å². The summed E-state index contributed by atoms with van der Waals surface area (Å²) >= 11 is 0. The molecule has 0 bridgehead atoms. The minimum absolute atomic E-state index is 0.0838. The predicted octanol–water partition coefficient (Wildman–Crippen LogP) is 2.59. The first kappa shape index (κ1) is 20.3. The minimum Gasteiger partial charge on any atom is -0.546 e. The number of para-hydroxylation sites is 1. The maximum Gasteiger partial charge on any atom is 0.258 e. The second-order valence-corrected chi connectivity index (χ2v) is 7.08. The molecule has 3 aromatic rings. The minimum atomic E-state index is -1.32. The molecule has 4 rings (SSSR count). The van der Waals surface area contributed by atoms with Crippen LogP contribution in [-0.4, -0.2) is 30.5 Å². The van der Waals surface area contributed by atoms with Crippen LogP contribution in [0.4, 0.5) is 5.69 Å². The van der Waals surface area contributed by atoms with Crippen LogP contribution in [-0.2, 0) is 11.3 Å². The van der Waals surface area contributed by atoms with E-state index < -0.39 is 18.7 Å². The fraction of sp³-hybridized carbons (Fsp3) is 0.167. The molecule has 0 spiro atoms. The van der Waals surface area contributed by atoms with Gasteiger partial charge >= 0.3 is 0 Å². The number of nitrogens with zero attached hydrogens (tertiary/aromatic N) is 1. The van der Waals surface area contributed by atoms with Gasteiger partial charge in [0.25, 0.3) is 5.91 Å². The standard InChI is InChI=1S/C24H22N2O5/c1-30-21-13-17(11-12-20(21)31-15-22(27)28)23-25-19-10-6-5-9-18(19)24(29)26(23)14-16-7-3-2-4-8-16/h2-13,23,25H,14-15H2,1H3,(H,27,28)/p-1/t23-/m0/s1. The number of carboxylic acids is 1. The van der Waals surface area contributed by atoms with E-state index in [0.717, 1.165) is 16.8 Å². The monoisotopic (exact) mass is 417 g/mol. The van der Waals surface area contributed by atoms with Crippen molar-refractivity contribution in [2.45, 2.75) is 12.7 Å². The van der Waals surface area contributed by atoms with Gasteiger partial charge in [-0.1, -0.05) is 48.5 Å². The molecular weight excluding hydrogens is 396 g/mol. The van der Waals surface area contributed by atoms with E-state index in [1.165, 1.54) is 7.11 Å². The third kappa shape index (κ3) is 4.30. The second kappa shape index (κ2) is 8.79. The molecule has 1 heterocycles. The van der Waals surface area contributed by atoms with Crippen LogP contribution in [0.3, 0.4) is 0 Å². The lowest BCUT2D eigenvalue weighted by Gasteiger charge is -2.38. The van der Waals surface area contributed by atoms with Crippen LogP contribution in [0.2, 0.25) is 0 Å². The third-order valence-electron chi connectivity index (χ3n) is 5.07. The van der Waals surface area contributed by atoms with Gasteiger partial charge in [-0.25, -0.2) is 0 Å². The number of benzene rings is 3. The van der Waals surface area contributed by atoms with Crippen molar-refractivity contribution in [1.29, 1.82) is 0 Å². The zero-order chi connectivity index (χ0) is 21.8. The molecule has 1 aliphatic heterocycles. The Bertz CT molecular complexity index is 1100. The van der Waals surface area contributed by atoms with Gasteiger partial charge < -0.3 is 29.6 Å². The molecule has 31 heavy (non-hydrogen) atoms. The molecule has 0 saturated carbocycles. The molecule has 1 amide bonds. The maximum absolute atomic E-state index is 13.4. The maximum atomic E-state index is 13.4. The molecule has 0 radical (unpaired) electrons. The third-order valence-corrected chi connectivity index (χ3v) is 5.07. The first-order valence-corrected chi connectivity index (χ1v) is 9.78. The number of fused-ring (bicyclic) bond motifs is 1. The number of carbonyl (C=O) groups excluding carboxylic acids is 2. The average molecular weight is 417 g/mol. The van der Waals surface area contributed by atoms with Crippen molar-refractivity contribution in [2.24, 2.45) is 0 Å². The summed E-state index contributed by atoms with van der Waals surface area (Å²) in [6.07, 6.45) is -0.452. The fourth-order valence-electron chi connectivity index (χ4n) is 3.61. The summed E-state index contributed by atoms with van der Waals surface area (Å²) in [5, 5.41) is 14.2. The highest BCUT2D eigenvalue weighted by Gasteiger charge is 2.33. The molecule has 0 fully saturated rings. The highest BCUT2D eigenvalue weighted by Crippen LogP contribution is 2.37. The number of hydrogen-bond acceptors (Lipinski definition) is 6. The topological polar surface area (TPSA) is 90.9 Å². The Morgan fingerprint density at radius 3 is 2.52 bits per heavy atom. The van der Waals surface area contributed by atoms with Crippen molar-refractivity contribution in [3.8, 4) is 11.5 Å². The van der Waals surface area contributed by atoms with Crippen molar-refractivity contribution in [1.82, 2.24) is 4.90 Å². The van der Waals surface area contributed by atoms with Crippen LogP contribution in [0.25, 0.3) is 0 Å². The summed E-state index contributed by atoms with van der Waals surface area (Å²) in [6, 6.07) is 22.3. The van der Waals surface area contributed by atoms with E-state index in [2.05, 4.69) is 5.32 Å². The van der Waals surface area contributed by atoms with Gasteiger partial charge in [-0.05, 0) is 35.4 Å². The van der Waals surface area contributed by atoms with Crippen LogP contribution >= 0.6 is 0 Å². The molecule has 7 heteroatoms. The molecule has 1 aliphatic rings. The SMILES string of the molecule is COc1cc([C@H]2Nc3ccccc3C(=O)N2Cc2ccccc2)ccc1OCC(=O)[O-]. The number of ether oxygens (including phenoxy) is 2. The van der Waals surface area contributed by atoms with E-state index >= 15 is 0 Å².